The summed E-state index contributed by atoms with van der Waals surface area (Å²) in [6.07, 6.45) is 0.186. The molecule has 0 fully saturated rings. The molecule has 0 heterocycles. The Hall–Kier alpha value is -0.710. The van der Waals surface area contributed by atoms with E-state index in [1.807, 2.05) is 0 Å². The fourth-order valence-electron chi connectivity index (χ4n) is 1.06. The first kappa shape index (κ1) is 13.3. The Labute approximate surface area is 103 Å². The first-order valence-electron chi connectivity index (χ1n) is 3.84. The number of benzene rings is 1. The van der Waals surface area contributed by atoms with Gasteiger partial charge < -0.3 is 15.3 Å². The van der Waals surface area contributed by atoms with Gasteiger partial charge >= 0.3 is 29.6 Å². The smallest absolute Gasteiger partial charge is 0.508 e. The predicted octanol–water partition coefficient (Wildman–Crippen LogP) is -1.60. The van der Waals surface area contributed by atoms with Crippen LogP contribution in [0.2, 0.25) is 0 Å². The third-order valence-corrected chi connectivity index (χ3v) is 1.68. The molecule has 14 heavy (non-hydrogen) atoms. The van der Waals surface area contributed by atoms with Crippen molar-refractivity contribution in [3.8, 4) is 17.2 Å². The molecule has 4 nitrogen and oxygen atoms in total. The fourth-order valence-corrected chi connectivity index (χ4v) is 1.06. The molecule has 1 aromatic rings. The topological polar surface area (TPSA) is 77.8 Å². The van der Waals surface area contributed by atoms with Gasteiger partial charge in [-0.2, -0.15) is 0 Å². The van der Waals surface area contributed by atoms with Crippen molar-refractivity contribution in [3.63, 3.8) is 0 Å². The minimum atomic E-state index is -0.399. The van der Waals surface area contributed by atoms with Gasteiger partial charge in [0.2, 0.25) is 0 Å². The second kappa shape index (κ2) is 5.24. The summed E-state index contributed by atoms with van der Waals surface area (Å²) in [4.78, 5) is 11.2. The van der Waals surface area contributed by atoms with Crippen molar-refractivity contribution in [2.45, 2.75) is 13.3 Å². The van der Waals surface area contributed by atoms with Crippen LogP contribution in [0.3, 0.4) is 0 Å². The number of carbonyl (C=O) groups excluding carboxylic acids is 1. The SMILES string of the molecule is CCC(=O)c1c(O)cc(O)cc1O.[Na+]. The van der Waals surface area contributed by atoms with Crippen LogP contribution < -0.4 is 29.6 Å². The molecule has 0 aliphatic heterocycles. The van der Waals surface area contributed by atoms with Gasteiger partial charge in [-0.25, -0.2) is 0 Å². The number of hydrogen-bond acceptors (Lipinski definition) is 4. The molecule has 0 radical (unpaired) electrons. The number of phenolic OH excluding ortho intramolecular Hbond substituents is 3. The summed E-state index contributed by atoms with van der Waals surface area (Å²) in [5.74, 6) is -1.44. The average molecular weight is 205 g/mol. The number of phenols is 3. The molecule has 0 saturated carbocycles. The third kappa shape index (κ3) is 2.64. The maximum Gasteiger partial charge on any atom is 1.00 e. The molecule has 1 aromatic carbocycles. The van der Waals surface area contributed by atoms with Crippen LogP contribution in [0.15, 0.2) is 12.1 Å². The second-order valence-corrected chi connectivity index (χ2v) is 2.64. The summed E-state index contributed by atoms with van der Waals surface area (Å²) < 4.78 is 0. The Bertz CT molecular complexity index is 326. The maximum absolute atomic E-state index is 11.2. The standard InChI is InChI=1S/C9H10O4.Na/c1-2-6(11)9-7(12)3-5(10)4-8(9)13;/h3-4,10,12-13H,2H2,1H3;/q;+1. The number of rotatable bonds is 2. The fraction of sp³-hybridized carbons (Fsp3) is 0.222. The average Bonchev–Trinajstić information content (AvgIpc) is 2.02. The van der Waals surface area contributed by atoms with E-state index >= 15 is 0 Å². The Kier molecular flexibility index (Phi) is 4.97. The Morgan fingerprint density at radius 3 is 2.00 bits per heavy atom. The van der Waals surface area contributed by atoms with E-state index < -0.39 is 11.5 Å². The summed E-state index contributed by atoms with van der Waals surface area (Å²) in [5, 5.41) is 27.4. The summed E-state index contributed by atoms with van der Waals surface area (Å²) in [7, 11) is 0. The number of aromatic hydroxyl groups is 3. The monoisotopic (exact) mass is 205 g/mol. The van der Waals surface area contributed by atoms with Crippen LogP contribution in [0.1, 0.15) is 23.7 Å². The van der Waals surface area contributed by atoms with Crippen molar-refractivity contribution in [2.75, 3.05) is 0 Å². The van der Waals surface area contributed by atoms with E-state index in [1.165, 1.54) is 0 Å². The zero-order valence-electron chi connectivity index (χ0n) is 8.11. The normalized spacial score (nSPS) is 9.21. The molecule has 0 aliphatic carbocycles. The van der Waals surface area contributed by atoms with Crippen LogP contribution in [-0.4, -0.2) is 21.1 Å². The molecule has 1 rings (SSSR count). The first-order valence-corrected chi connectivity index (χ1v) is 3.84. The third-order valence-electron chi connectivity index (χ3n) is 1.68. The summed E-state index contributed by atoms with van der Waals surface area (Å²) >= 11 is 0. The molecule has 0 aliphatic rings. The van der Waals surface area contributed by atoms with Crippen LogP contribution in [0.25, 0.3) is 0 Å². The molecule has 0 bridgehead atoms. The van der Waals surface area contributed by atoms with E-state index in [2.05, 4.69) is 0 Å². The van der Waals surface area contributed by atoms with Crippen molar-refractivity contribution in [1.29, 1.82) is 0 Å². The Morgan fingerprint density at radius 1 is 1.21 bits per heavy atom. The van der Waals surface area contributed by atoms with Crippen LogP contribution >= 0.6 is 0 Å². The van der Waals surface area contributed by atoms with Gasteiger partial charge in [0.1, 0.15) is 22.8 Å². The van der Waals surface area contributed by atoms with Crippen molar-refractivity contribution >= 4 is 5.78 Å². The molecule has 70 valence electrons. The zero-order valence-corrected chi connectivity index (χ0v) is 10.1. The summed E-state index contributed by atoms with van der Waals surface area (Å²) in [5.41, 5.74) is -0.139. The number of carbonyl (C=O) groups is 1. The van der Waals surface area contributed by atoms with E-state index in [0.29, 0.717) is 0 Å². The number of ketones is 1. The minimum Gasteiger partial charge on any atom is -0.508 e. The van der Waals surface area contributed by atoms with Crippen LogP contribution in [0.5, 0.6) is 17.2 Å². The van der Waals surface area contributed by atoms with E-state index in [0.717, 1.165) is 12.1 Å². The van der Waals surface area contributed by atoms with E-state index in [4.69, 9.17) is 5.11 Å². The molecule has 0 amide bonds. The van der Waals surface area contributed by atoms with E-state index in [1.54, 1.807) is 6.92 Å². The number of Topliss-reactive ketones (excluding diaryl/α,β-unsaturated/α-hetero) is 1. The predicted molar refractivity (Wildman–Crippen MR) is 46.1 cm³/mol. The second-order valence-electron chi connectivity index (χ2n) is 2.64. The van der Waals surface area contributed by atoms with Crippen molar-refractivity contribution in [2.24, 2.45) is 0 Å². The van der Waals surface area contributed by atoms with Gasteiger partial charge in [-0.15, -0.1) is 0 Å². The van der Waals surface area contributed by atoms with E-state index in [-0.39, 0.29) is 53.1 Å². The largest absolute Gasteiger partial charge is 1.00 e. The van der Waals surface area contributed by atoms with Gasteiger partial charge in [-0.3, -0.25) is 4.79 Å². The van der Waals surface area contributed by atoms with Gasteiger partial charge in [0, 0.05) is 18.6 Å². The summed E-state index contributed by atoms with van der Waals surface area (Å²) in [6.45, 7) is 1.62. The molecule has 0 spiro atoms. The molecule has 5 heteroatoms. The molecule has 0 atom stereocenters. The van der Waals surface area contributed by atoms with Gasteiger partial charge in [0.05, 0.1) is 0 Å². The van der Waals surface area contributed by atoms with Gasteiger partial charge in [-0.05, 0) is 0 Å². The Balaban J connectivity index is 0.00000169. The minimum absolute atomic E-state index is 0. The zero-order chi connectivity index (χ0) is 10.0. The molecular formula is C9H10NaO4+. The van der Waals surface area contributed by atoms with Crippen molar-refractivity contribution in [3.05, 3.63) is 17.7 Å². The molecular weight excluding hydrogens is 195 g/mol. The molecule has 0 unspecified atom stereocenters. The Morgan fingerprint density at radius 2 is 1.64 bits per heavy atom. The van der Waals surface area contributed by atoms with Gasteiger partial charge in [0.25, 0.3) is 0 Å². The quantitative estimate of drug-likeness (QED) is 0.401. The van der Waals surface area contributed by atoms with Crippen LogP contribution in [-0.2, 0) is 0 Å². The van der Waals surface area contributed by atoms with Gasteiger partial charge in [0.15, 0.2) is 5.78 Å². The van der Waals surface area contributed by atoms with Gasteiger partial charge in [-0.1, -0.05) is 6.92 Å². The van der Waals surface area contributed by atoms with Crippen LogP contribution in [0.4, 0.5) is 0 Å². The van der Waals surface area contributed by atoms with Crippen molar-refractivity contribution in [1.82, 2.24) is 0 Å². The van der Waals surface area contributed by atoms with Crippen molar-refractivity contribution < 1.29 is 49.7 Å². The maximum atomic E-state index is 11.2. The summed E-state index contributed by atoms with van der Waals surface area (Å²) in [6, 6.07) is 2.03. The molecule has 0 aromatic heterocycles. The molecule has 3 N–H and O–H groups in total. The molecule has 0 saturated heterocycles. The number of hydrogen-bond donors (Lipinski definition) is 3. The first-order chi connectivity index (χ1) is 6.06. The van der Waals surface area contributed by atoms with Crippen LogP contribution in [0, 0.1) is 0 Å². The van der Waals surface area contributed by atoms with E-state index in [9.17, 15) is 15.0 Å².